The van der Waals surface area contributed by atoms with Crippen molar-refractivity contribution in [2.24, 2.45) is 0 Å². The van der Waals surface area contributed by atoms with Crippen LogP contribution in [0.2, 0.25) is 0 Å². The lowest BCUT2D eigenvalue weighted by Gasteiger charge is -2.46. The first kappa shape index (κ1) is 20.8. The predicted octanol–water partition coefficient (Wildman–Crippen LogP) is 2.60. The van der Waals surface area contributed by atoms with Crippen LogP contribution in [-0.4, -0.2) is 90.4 Å². The first-order valence-electron chi connectivity index (χ1n) is 12.0. The summed E-state index contributed by atoms with van der Waals surface area (Å²) in [6, 6.07) is 12.7. The summed E-state index contributed by atoms with van der Waals surface area (Å²) in [6.07, 6.45) is 0. The Morgan fingerprint density at radius 2 is 1.70 bits per heavy atom. The Labute approximate surface area is 194 Å². The molecule has 4 saturated heterocycles. The van der Waals surface area contributed by atoms with Gasteiger partial charge in [-0.3, -0.25) is 9.80 Å². The van der Waals surface area contributed by atoms with Gasteiger partial charge in [-0.2, -0.15) is 9.97 Å². The van der Waals surface area contributed by atoms with Gasteiger partial charge in [0.1, 0.15) is 5.75 Å². The topological polar surface area (TPSA) is 66.9 Å². The molecule has 2 aromatic carbocycles. The van der Waals surface area contributed by atoms with E-state index in [-0.39, 0.29) is 6.04 Å². The molecular formula is C25H30N6O2. The van der Waals surface area contributed by atoms with E-state index in [0.29, 0.717) is 19.8 Å². The van der Waals surface area contributed by atoms with Crippen LogP contribution in [0.3, 0.4) is 0 Å². The lowest BCUT2D eigenvalue weighted by atomic mass is 10.0. The van der Waals surface area contributed by atoms with Crippen molar-refractivity contribution in [2.45, 2.75) is 13.0 Å². The summed E-state index contributed by atoms with van der Waals surface area (Å²) in [6.45, 7) is 11.0. The molecule has 0 radical (unpaired) electrons. The second-order valence-corrected chi connectivity index (χ2v) is 8.86. The van der Waals surface area contributed by atoms with Crippen LogP contribution in [0.15, 0.2) is 36.4 Å². The first-order chi connectivity index (χ1) is 16.3. The fraction of sp³-hybridized carbons (Fsp3) is 0.480. The van der Waals surface area contributed by atoms with Crippen molar-refractivity contribution >= 4 is 16.7 Å². The van der Waals surface area contributed by atoms with Crippen molar-refractivity contribution in [2.75, 3.05) is 70.5 Å². The molecule has 1 aromatic heterocycles. The minimum Gasteiger partial charge on any atom is -0.493 e. The Balaban J connectivity index is 1.48. The molecule has 33 heavy (non-hydrogen) atoms. The molecule has 8 heteroatoms. The van der Waals surface area contributed by atoms with Gasteiger partial charge >= 0.3 is 0 Å². The van der Waals surface area contributed by atoms with E-state index in [1.807, 2.05) is 19.1 Å². The molecule has 0 aliphatic carbocycles. The van der Waals surface area contributed by atoms with Crippen LogP contribution in [0.25, 0.3) is 22.2 Å². The molecule has 8 nitrogen and oxygen atoms in total. The highest BCUT2D eigenvalue weighted by molar-refractivity contribution is 5.98. The summed E-state index contributed by atoms with van der Waals surface area (Å²) in [5.41, 5.74) is 1.02. The molecule has 2 bridgehead atoms. The molecule has 1 atom stereocenters. The van der Waals surface area contributed by atoms with Crippen LogP contribution in [0.1, 0.15) is 18.8 Å². The molecule has 5 heterocycles. The number of hydrogen-bond acceptors (Lipinski definition) is 8. The Kier molecular flexibility index (Phi) is 5.57. The second-order valence-electron chi connectivity index (χ2n) is 8.86. The fourth-order valence-corrected chi connectivity index (χ4v) is 5.17. The zero-order chi connectivity index (χ0) is 22.2. The van der Waals surface area contributed by atoms with Gasteiger partial charge in [0.2, 0.25) is 5.95 Å². The average molecular weight is 447 g/mol. The van der Waals surface area contributed by atoms with Gasteiger partial charge in [0.25, 0.3) is 0 Å². The zero-order valence-corrected chi connectivity index (χ0v) is 19.1. The predicted molar refractivity (Wildman–Crippen MR) is 128 cm³/mol. The highest BCUT2D eigenvalue weighted by Gasteiger charge is 2.35. The SMILES string of the molecule is CCOc1ccc(-c2nc(C3CN4CCN3CC4)nc(N3CCOCC3)n2)c2ccccc12. The number of anilines is 1. The Morgan fingerprint density at radius 1 is 0.909 bits per heavy atom. The smallest absolute Gasteiger partial charge is 0.229 e. The van der Waals surface area contributed by atoms with Gasteiger partial charge in [-0.05, 0) is 24.4 Å². The van der Waals surface area contributed by atoms with E-state index >= 15 is 0 Å². The van der Waals surface area contributed by atoms with Gasteiger partial charge in [0, 0.05) is 56.8 Å². The quantitative estimate of drug-likeness (QED) is 0.593. The van der Waals surface area contributed by atoms with Crippen molar-refractivity contribution in [3.63, 3.8) is 0 Å². The van der Waals surface area contributed by atoms with Gasteiger partial charge in [-0.15, -0.1) is 0 Å². The van der Waals surface area contributed by atoms with Gasteiger partial charge in [0.15, 0.2) is 11.6 Å². The van der Waals surface area contributed by atoms with Gasteiger partial charge < -0.3 is 14.4 Å². The second kappa shape index (κ2) is 8.85. The molecule has 1 unspecified atom stereocenters. The Hall–Kier alpha value is -2.81. The molecule has 7 rings (SSSR count). The van der Waals surface area contributed by atoms with Crippen molar-refractivity contribution in [1.29, 1.82) is 0 Å². The third-order valence-corrected chi connectivity index (χ3v) is 6.94. The molecule has 0 spiro atoms. The van der Waals surface area contributed by atoms with Gasteiger partial charge in [-0.1, -0.05) is 24.3 Å². The zero-order valence-electron chi connectivity index (χ0n) is 19.1. The molecule has 0 saturated carbocycles. The van der Waals surface area contributed by atoms with Crippen LogP contribution in [0.5, 0.6) is 5.75 Å². The number of aromatic nitrogens is 3. The summed E-state index contributed by atoms with van der Waals surface area (Å²) in [7, 11) is 0. The van der Waals surface area contributed by atoms with Crippen LogP contribution in [0.4, 0.5) is 5.95 Å². The van der Waals surface area contributed by atoms with Gasteiger partial charge in [0.05, 0.1) is 25.9 Å². The molecule has 4 fully saturated rings. The van der Waals surface area contributed by atoms with E-state index in [9.17, 15) is 0 Å². The van der Waals surface area contributed by atoms with E-state index < -0.39 is 0 Å². The lowest BCUT2D eigenvalue weighted by Crippen LogP contribution is -2.57. The van der Waals surface area contributed by atoms with E-state index in [4.69, 9.17) is 24.4 Å². The Morgan fingerprint density at radius 3 is 2.42 bits per heavy atom. The standard InChI is InChI=1S/C25H30N6O2/c1-2-33-22-8-7-20(18-5-3-4-6-19(18)22)23-26-24(21-17-29-9-11-30(21)12-10-29)28-25(27-23)31-13-15-32-16-14-31/h3-8,21H,2,9-17H2,1H3. The maximum absolute atomic E-state index is 5.89. The van der Waals surface area contributed by atoms with Gasteiger partial charge in [-0.25, -0.2) is 4.98 Å². The summed E-state index contributed by atoms with van der Waals surface area (Å²) >= 11 is 0. The summed E-state index contributed by atoms with van der Waals surface area (Å²) in [5.74, 6) is 3.26. The molecule has 3 aromatic rings. The van der Waals surface area contributed by atoms with E-state index in [1.165, 1.54) is 0 Å². The van der Waals surface area contributed by atoms with Crippen LogP contribution < -0.4 is 9.64 Å². The van der Waals surface area contributed by atoms with E-state index in [0.717, 1.165) is 85.5 Å². The number of piperazine rings is 3. The number of fused-ring (bicyclic) bond motifs is 4. The maximum Gasteiger partial charge on any atom is 0.229 e. The molecule has 4 aliphatic rings. The number of morpholine rings is 1. The Bertz CT molecular complexity index is 1140. The van der Waals surface area contributed by atoms with Crippen molar-refractivity contribution in [3.05, 3.63) is 42.2 Å². The highest BCUT2D eigenvalue weighted by atomic mass is 16.5. The number of ether oxygens (including phenoxy) is 2. The lowest BCUT2D eigenvalue weighted by molar-refractivity contribution is 0.00862. The van der Waals surface area contributed by atoms with Crippen LogP contribution >= 0.6 is 0 Å². The average Bonchev–Trinajstić information content (AvgIpc) is 2.90. The number of benzene rings is 2. The van der Waals surface area contributed by atoms with Crippen LogP contribution in [-0.2, 0) is 4.74 Å². The largest absolute Gasteiger partial charge is 0.493 e. The monoisotopic (exact) mass is 446 g/mol. The first-order valence-corrected chi connectivity index (χ1v) is 12.0. The molecular weight excluding hydrogens is 416 g/mol. The summed E-state index contributed by atoms with van der Waals surface area (Å²) < 4.78 is 11.5. The number of rotatable bonds is 5. The van der Waals surface area contributed by atoms with Crippen molar-refractivity contribution < 1.29 is 9.47 Å². The van der Waals surface area contributed by atoms with E-state index in [2.05, 4.69) is 39.0 Å². The highest BCUT2D eigenvalue weighted by Crippen LogP contribution is 2.35. The summed E-state index contributed by atoms with van der Waals surface area (Å²) in [4.78, 5) is 22.3. The number of hydrogen-bond donors (Lipinski definition) is 0. The maximum atomic E-state index is 5.89. The molecule has 0 amide bonds. The van der Waals surface area contributed by atoms with E-state index in [1.54, 1.807) is 0 Å². The molecule has 172 valence electrons. The number of nitrogens with zero attached hydrogens (tertiary/aromatic N) is 6. The third-order valence-electron chi connectivity index (χ3n) is 6.94. The normalized spacial score (nSPS) is 24.9. The minimum absolute atomic E-state index is 0.211. The summed E-state index contributed by atoms with van der Waals surface area (Å²) in [5, 5.41) is 2.18. The molecule has 4 aliphatic heterocycles. The van der Waals surface area contributed by atoms with Crippen LogP contribution in [0, 0.1) is 0 Å². The van der Waals surface area contributed by atoms with Crippen molar-refractivity contribution in [1.82, 2.24) is 24.8 Å². The molecule has 0 N–H and O–H groups in total. The van der Waals surface area contributed by atoms with Crippen molar-refractivity contribution in [3.8, 4) is 17.1 Å². The minimum atomic E-state index is 0.211. The third kappa shape index (κ3) is 3.92. The fourth-order valence-electron chi connectivity index (χ4n) is 5.17.